The molecular formula is C22H26O7S2. The van der Waals surface area contributed by atoms with Crippen LogP contribution in [0.15, 0.2) is 69.0 Å². The fourth-order valence-electron chi connectivity index (χ4n) is 3.70. The van der Waals surface area contributed by atoms with E-state index in [1.165, 1.54) is 35.4 Å². The van der Waals surface area contributed by atoms with E-state index in [4.69, 9.17) is 9.35 Å². The number of benzene rings is 1. The van der Waals surface area contributed by atoms with E-state index >= 15 is 0 Å². The van der Waals surface area contributed by atoms with Crippen molar-refractivity contribution in [3.8, 4) is 0 Å². The molecule has 0 aromatic heterocycles. The molecule has 168 valence electrons. The van der Waals surface area contributed by atoms with Crippen LogP contribution >= 0.6 is 0 Å². The lowest BCUT2D eigenvalue weighted by Gasteiger charge is -2.20. The first-order valence-electron chi connectivity index (χ1n) is 9.56. The molecule has 0 bridgehead atoms. The molecule has 31 heavy (non-hydrogen) atoms. The van der Waals surface area contributed by atoms with E-state index in [9.17, 15) is 21.4 Å². The third-order valence-electron chi connectivity index (χ3n) is 5.38. The summed E-state index contributed by atoms with van der Waals surface area (Å²) in [7, 11) is -8.77. The van der Waals surface area contributed by atoms with Crippen LogP contribution in [0.2, 0.25) is 0 Å². The molecule has 0 radical (unpaired) electrons. The summed E-state index contributed by atoms with van der Waals surface area (Å²) in [5, 5.41) is 0. The van der Waals surface area contributed by atoms with Gasteiger partial charge >= 0.3 is 0 Å². The quantitative estimate of drug-likeness (QED) is 0.624. The molecule has 1 aromatic rings. The summed E-state index contributed by atoms with van der Waals surface area (Å²) in [4.78, 5) is 7.60. The first-order chi connectivity index (χ1) is 14.4. The molecule has 0 saturated heterocycles. The van der Waals surface area contributed by atoms with Gasteiger partial charge in [0.05, 0.1) is 9.80 Å². The van der Waals surface area contributed by atoms with Crippen LogP contribution in [0.4, 0.5) is 0 Å². The Morgan fingerprint density at radius 2 is 1.71 bits per heavy atom. The summed E-state index contributed by atoms with van der Waals surface area (Å²) in [6.07, 6.45) is 9.01. The monoisotopic (exact) mass is 466 g/mol. The molecule has 1 atom stereocenters. The van der Waals surface area contributed by atoms with Crippen molar-refractivity contribution in [2.24, 2.45) is 0 Å². The SMILES string of the molecule is C=O.CC1=CC(Cc2ccc(C3C=CC(S(=O)(=O)O)=CC3)c(S(=O)(=O)O)c2)=C(C)CC1. The van der Waals surface area contributed by atoms with Crippen LogP contribution in [0.5, 0.6) is 0 Å². The van der Waals surface area contributed by atoms with E-state index in [-0.39, 0.29) is 16.2 Å². The summed E-state index contributed by atoms with van der Waals surface area (Å²) in [6, 6.07) is 4.98. The number of hydrogen-bond donors (Lipinski definition) is 2. The average molecular weight is 467 g/mol. The van der Waals surface area contributed by atoms with Gasteiger partial charge in [-0.1, -0.05) is 41.5 Å². The lowest BCUT2D eigenvalue weighted by molar-refractivity contribution is -0.0980. The third-order valence-corrected chi connectivity index (χ3v) is 7.18. The lowest BCUT2D eigenvalue weighted by Crippen LogP contribution is -2.10. The Balaban J connectivity index is 0.00000166. The molecule has 0 amide bonds. The molecule has 0 aliphatic heterocycles. The van der Waals surface area contributed by atoms with E-state index in [2.05, 4.69) is 19.9 Å². The Labute approximate surface area is 183 Å². The van der Waals surface area contributed by atoms with E-state index in [0.717, 1.165) is 24.0 Å². The summed E-state index contributed by atoms with van der Waals surface area (Å²) < 4.78 is 65.4. The Kier molecular flexibility index (Phi) is 7.93. The van der Waals surface area contributed by atoms with Crippen molar-refractivity contribution < 1.29 is 30.7 Å². The predicted octanol–water partition coefficient (Wildman–Crippen LogP) is 4.16. The summed E-state index contributed by atoms with van der Waals surface area (Å²) in [5.74, 6) is -0.427. The molecule has 2 aliphatic carbocycles. The van der Waals surface area contributed by atoms with E-state index in [1.807, 2.05) is 12.9 Å². The molecule has 0 fully saturated rings. The third kappa shape index (κ3) is 6.33. The van der Waals surface area contributed by atoms with Crippen LogP contribution in [0.3, 0.4) is 0 Å². The second-order valence-corrected chi connectivity index (χ2v) is 10.4. The van der Waals surface area contributed by atoms with Crippen molar-refractivity contribution in [2.45, 2.75) is 50.3 Å². The summed E-state index contributed by atoms with van der Waals surface area (Å²) in [5.41, 5.74) is 4.87. The molecule has 1 unspecified atom stereocenters. The lowest BCUT2D eigenvalue weighted by atomic mass is 9.88. The zero-order chi connectivity index (χ0) is 23.4. The van der Waals surface area contributed by atoms with Gasteiger partial charge in [0.1, 0.15) is 6.79 Å². The van der Waals surface area contributed by atoms with Gasteiger partial charge in [-0.15, -0.1) is 0 Å². The number of allylic oxidation sites excluding steroid dienone is 7. The van der Waals surface area contributed by atoms with Gasteiger partial charge in [0.2, 0.25) is 0 Å². The minimum absolute atomic E-state index is 0.178. The second-order valence-electron chi connectivity index (χ2n) is 7.60. The fourth-order valence-corrected chi connectivity index (χ4v) is 5.08. The molecule has 2 aliphatic rings. The molecule has 0 spiro atoms. The molecular weight excluding hydrogens is 440 g/mol. The van der Waals surface area contributed by atoms with Gasteiger partial charge in [0.15, 0.2) is 0 Å². The highest BCUT2D eigenvalue weighted by Crippen LogP contribution is 2.34. The smallest absolute Gasteiger partial charge is 0.294 e. The first kappa shape index (κ1) is 24.9. The fraction of sp³-hybridized carbons (Fsp3) is 0.318. The van der Waals surface area contributed by atoms with Crippen LogP contribution in [-0.4, -0.2) is 32.7 Å². The maximum atomic E-state index is 12.0. The second kappa shape index (κ2) is 9.86. The van der Waals surface area contributed by atoms with Gasteiger partial charge in [-0.3, -0.25) is 9.11 Å². The number of carbonyl (C=O) groups is 1. The molecule has 9 heteroatoms. The Morgan fingerprint density at radius 3 is 2.26 bits per heavy atom. The number of rotatable bonds is 5. The molecule has 0 heterocycles. The Hall–Kier alpha value is -2.33. The Bertz CT molecular complexity index is 1180. The highest BCUT2D eigenvalue weighted by molar-refractivity contribution is 7.90. The average Bonchev–Trinajstić information content (AvgIpc) is 2.71. The minimum Gasteiger partial charge on any atom is -0.307 e. The number of hydrogen-bond acceptors (Lipinski definition) is 5. The van der Waals surface area contributed by atoms with Gasteiger partial charge in [-0.2, -0.15) is 16.8 Å². The normalized spacial score (nSPS) is 19.3. The van der Waals surface area contributed by atoms with Crippen molar-refractivity contribution in [2.75, 3.05) is 0 Å². The van der Waals surface area contributed by atoms with Crippen molar-refractivity contribution in [3.63, 3.8) is 0 Å². The van der Waals surface area contributed by atoms with Gasteiger partial charge in [-0.25, -0.2) is 0 Å². The van der Waals surface area contributed by atoms with Crippen molar-refractivity contribution in [1.29, 1.82) is 0 Å². The van der Waals surface area contributed by atoms with Crippen LogP contribution < -0.4 is 0 Å². The molecule has 3 rings (SSSR count). The van der Waals surface area contributed by atoms with Gasteiger partial charge in [0.25, 0.3) is 20.2 Å². The van der Waals surface area contributed by atoms with Gasteiger partial charge in [-0.05, 0) is 68.4 Å². The maximum absolute atomic E-state index is 12.0. The number of carbonyl (C=O) groups excluding carboxylic acids is 1. The Morgan fingerprint density at radius 1 is 1.03 bits per heavy atom. The van der Waals surface area contributed by atoms with Crippen LogP contribution in [0.25, 0.3) is 0 Å². The van der Waals surface area contributed by atoms with Gasteiger partial charge in [0, 0.05) is 5.92 Å². The molecule has 1 aromatic carbocycles. The highest BCUT2D eigenvalue weighted by Gasteiger charge is 2.24. The van der Waals surface area contributed by atoms with E-state index < -0.39 is 26.2 Å². The largest absolute Gasteiger partial charge is 0.307 e. The van der Waals surface area contributed by atoms with E-state index in [1.54, 1.807) is 6.07 Å². The molecule has 7 nitrogen and oxygen atoms in total. The predicted molar refractivity (Wildman–Crippen MR) is 119 cm³/mol. The molecule has 0 saturated carbocycles. The minimum atomic E-state index is -4.47. The first-order valence-corrected chi connectivity index (χ1v) is 12.4. The summed E-state index contributed by atoms with van der Waals surface area (Å²) in [6.45, 7) is 6.14. The zero-order valence-corrected chi connectivity index (χ0v) is 19.0. The molecule has 2 N–H and O–H groups in total. The van der Waals surface area contributed by atoms with Crippen molar-refractivity contribution >= 4 is 27.0 Å². The zero-order valence-electron chi connectivity index (χ0n) is 17.4. The highest BCUT2D eigenvalue weighted by atomic mass is 32.2. The van der Waals surface area contributed by atoms with E-state index in [0.29, 0.717) is 12.0 Å². The van der Waals surface area contributed by atoms with Crippen LogP contribution in [0.1, 0.15) is 50.2 Å². The summed E-state index contributed by atoms with van der Waals surface area (Å²) >= 11 is 0. The maximum Gasteiger partial charge on any atom is 0.294 e. The van der Waals surface area contributed by atoms with Crippen molar-refractivity contribution in [1.82, 2.24) is 0 Å². The topological polar surface area (TPSA) is 126 Å². The van der Waals surface area contributed by atoms with Crippen LogP contribution in [0, 0.1) is 0 Å². The standard InChI is InChI=1S/C21H24O6S2.CH2O/c1-14-3-4-15(2)18(11-14)12-16-5-10-20(21(13-16)29(25,26)27)17-6-8-19(9-7-17)28(22,23)24;1-2/h5-6,8-11,13,17H,3-4,7,12H2,1-2H3,(H,22,23,24)(H,25,26,27);1H2. The van der Waals surface area contributed by atoms with Gasteiger partial charge < -0.3 is 4.79 Å². The van der Waals surface area contributed by atoms with Crippen molar-refractivity contribution in [3.05, 3.63) is 75.3 Å². The van der Waals surface area contributed by atoms with Crippen LogP contribution in [-0.2, 0) is 31.5 Å².